The lowest BCUT2D eigenvalue weighted by atomic mass is 10.1. The molecule has 0 fully saturated rings. The molecule has 0 bridgehead atoms. The fourth-order valence-corrected chi connectivity index (χ4v) is 3.85. The van der Waals surface area contributed by atoms with E-state index in [9.17, 15) is 5.11 Å². The van der Waals surface area contributed by atoms with Gasteiger partial charge in [-0.15, -0.1) is 11.3 Å². The molecule has 0 saturated carbocycles. The van der Waals surface area contributed by atoms with Crippen LogP contribution in [0, 0.1) is 0 Å². The van der Waals surface area contributed by atoms with E-state index in [1.54, 1.807) is 18.3 Å². The molecular formula is C14H15Br2NOS. The summed E-state index contributed by atoms with van der Waals surface area (Å²) in [5.41, 5.74) is 2.00. The highest BCUT2D eigenvalue weighted by atomic mass is 79.9. The van der Waals surface area contributed by atoms with Gasteiger partial charge in [-0.25, -0.2) is 0 Å². The van der Waals surface area contributed by atoms with Gasteiger partial charge in [0.05, 0.1) is 12.6 Å². The lowest BCUT2D eigenvalue weighted by molar-refractivity contribution is 0.199. The molecule has 5 heteroatoms. The van der Waals surface area contributed by atoms with Crippen LogP contribution < -0.4 is 4.90 Å². The van der Waals surface area contributed by atoms with Gasteiger partial charge in [0.1, 0.15) is 0 Å². The van der Waals surface area contributed by atoms with Crippen LogP contribution in [0.4, 0.5) is 5.69 Å². The van der Waals surface area contributed by atoms with Crippen molar-refractivity contribution in [1.29, 1.82) is 0 Å². The van der Waals surface area contributed by atoms with Crippen molar-refractivity contribution in [1.82, 2.24) is 0 Å². The van der Waals surface area contributed by atoms with Gasteiger partial charge in [0, 0.05) is 37.5 Å². The number of rotatable bonds is 4. The summed E-state index contributed by atoms with van der Waals surface area (Å²) in [6.45, 7) is 2.62. The smallest absolute Gasteiger partial charge is 0.0782 e. The Morgan fingerprint density at radius 1 is 1.26 bits per heavy atom. The van der Waals surface area contributed by atoms with Crippen LogP contribution in [0.25, 0.3) is 0 Å². The summed E-state index contributed by atoms with van der Waals surface area (Å²) < 4.78 is 2.10. The first-order valence-corrected chi connectivity index (χ1v) is 8.35. The maximum Gasteiger partial charge on any atom is 0.0782 e. The predicted octanol–water partition coefficient (Wildman–Crippen LogP) is 4.96. The van der Waals surface area contributed by atoms with Crippen molar-refractivity contribution in [2.45, 2.75) is 19.6 Å². The minimum Gasteiger partial charge on any atom is -0.389 e. The molecular weight excluding hydrogens is 390 g/mol. The van der Waals surface area contributed by atoms with Crippen LogP contribution in [0.1, 0.15) is 23.5 Å². The van der Waals surface area contributed by atoms with E-state index in [1.165, 1.54) is 4.88 Å². The van der Waals surface area contributed by atoms with Crippen LogP contribution in [0.3, 0.4) is 0 Å². The summed E-state index contributed by atoms with van der Waals surface area (Å²) in [5, 5.41) is 12.0. The molecule has 2 rings (SSSR count). The third-order valence-electron chi connectivity index (χ3n) is 2.87. The Bertz CT molecular complexity index is 568. The van der Waals surface area contributed by atoms with Crippen molar-refractivity contribution < 1.29 is 5.11 Å². The molecule has 102 valence electrons. The van der Waals surface area contributed by atoms with E-state index in [0.717, 1.165) is 26.7 Å². The first kappa shape index (κ1) is 15.0. The van der Waals surface area contributed by atoms with Crippen molar-refractivity contribution in [3.63, 3.8) is 0 Å². The highest BCUT2D eigenvalue weighted by Gasteiger charge is 2.13. The summed E-state index contributed by atoms with van der Waals surface area (Å²) in [7, 11) is 2.04. The number of anilines is 1. The summed E-state index contributed by atoms with van der Waals surface area (Å²) >= 11 is 8.65. The molecule has 1 atom stereocenters. The first-order chi connectivity index (χ1) is 8.97. The molecule has 2 aromatic rings. The van der Waals surface area contributed by atoms with Crippen molar-refractivity contribution >= 4 is 48.9 Å². The Hall–Kier alpha value is -0.360. The molecule has 1 heterocycles. The van der Waals surface area contributed by atoms with Crippen molar-refractivity contribution in [2.75, 3.05) is 11.9 Å². The Kier molecular flexibility index (Phi) is 5.06. The molecule has 0 aliphatic carbocycles. The molecule has 0 saturated heterocycles. The van der Waals surface area contributed by atoms with Crippen LogP contribution in [0.15, 0.2) is 38.6 Å². The number of hydrogen-bond acceptors (Lipinski definition) is 3. The van der Waals surface area contributed by atoms with Gasteiger partial charge >= 0.3 is 0 Å². The van der Waals surface area contributed by atoms with Crippen molar-refractivity contribution in [2.24, 2.45) is 0 Å². The van der Waals surface area contributed by atoms with E-state index in [-0.39, 0.29) is 0 Å². The monoisotopic (exact) mass is 403 g/mol. The highest BCUT2D eigenvalue weighted by molar-refractivity contribution is 9.10. The molecule has 1 aromatic carbocycles. The summed E-state index contributed by atoms with van der Waals surface area (Å²) in [6.07, 6.45) is -0.481. The van der Waals surface area contributed by atoms with E-state index in [0.29, 0.717) is 0 Å². The fourth-order valence-electron chi connectivity index (χ4n) is 1.96. The average molecular weight is 405 g/mol. The third-order valence-corrected chi connectivity index (χ3v) is 5.04. The zero-order valence-electron chi connectivity index (χ0n) is 10.7. The number of aliphatic hydroxyl groups is 1. The molecule has 1 unspecified atom stereocenters. The summed E-state index contributed by atoms with van der Waals surface area (Å²) in [5.74, 6) is 0. The quantitative estimate of drug-likeness (QED) is 0.777. The predicted molar refractivity (Wildman–Crippen MR) is 88.9 cm³/mol. The van der Waals surface area contributed by atoms with E-state index in [1.807, 2.05) is 25.2 Å². The molecule has 1 N–H and O–H groups in total. The SMILES string of the molecule is CC(O)c1cc(Br)ccc1N(C)Cc1cc(Br)cs1. The number of halogens is 2. The zero-order chi connectivity index (χ0) is 14.0. The van der Waals surface area contributed by atoms with Gasteiger partial charge in [0.2, 0.25) is 0 Å². The fraction of sp³-hybridized carbons (Fsp3) is 0.286. The van der Waals surface area contributed by atoms with Gasteiger partial charge < -0.3 is 10.0 Å². The normalized spacial score (nSPS) is 12.5. The number of nitrogens with zero attached hydrogens (tertiary/aromatic N) is 1. The van der Waals surface area contributed by atoms with Gasteiger partial charge in [-0.1, -0.05) is 15.9 Å². The van der Waals surface area contributed by atoms with Crippen LogP contribution in [-0.4, -0.2) is 12.2 Å². The minimum absolute atomic E-state index is 0.481. The summed E-state index contributed by atoms with van der Waals surface area (Å²) in [6, 6.07) is 8.14. The molecule has 0 aliphatic heterocycles. The van der Waals surface area contributed by atoms with Gasteiger partial charge in [0.25, 0.3) is 0 Å². The molecule has 0 amide bonds. The van der Waals surface area contributed by atoms with E-state index in [4.69, 9.17) is 0 Å². The van der Waals surface area contributed by atoms with Gasteiger partial charge in [-0.05, 0) is 47.1 Å². The van der Waals surface area contributed by atoms with Crippen LogP contribution in [0.2, 0.25) is 0 Å². The number of aliphatic hydroxyl groups excluding tert-OH is 1. The Labute approximate surface area is 134 Å². The van der Waals surface area contributed by atoms with Crippen molar-refractivity contribution in [3.05, 3.63) is 49.0 Å². The van der Waals surface area contributed by atoms with Gasteiger partial charge in [-0.2, -0.15) is 0 Å². The summed E-state index contributed by atoms with van der Waals surface area (Å²) in [4.78, 5) is 3.45. The number of benzene rings is 1. The molecule has 2 nitrogen and oxygen atoms in total. The standard InChI is InChI=1S/C14H15Br2NOS/c1-9(18)13-6-10(15)3-4-14(13)17(2)7-12-5-11(16)8-19-12/h3-6,8-9,18H,7H2,1-2H3. The minimum atomic E-state index is -0.481. The number of thiophene rings is 1. The topological polar surface area (TPSA) is 23.5 Å². The van der Waals surface area contributed by atoms with Crippen LogP contribution in [-0.2, 0) is 6.54 Å². The Morgan fingerprint density at radius 3 is 2.58 bits per heavy atom. The second-order valence-corrected chi connectivity index (χ2v) is 7.29. The second kappa shape index (κ2) is 6.39. The second-order valence-electron chi connectivity index (χ2n) is 4.47. The first-order valence-electron chi connectivity index (χ1n) is 5.89. The Morgan fingerprint density at radius 2 is 2.00 bits per heavy atom. The highest BCUT2D eigenvalue weighted by Crippen LogP contribution is 2.30. The molecule has 1 aromatic heterocycles. The molecule has 0 radical (unpaired) electrons. The van der Waals surface area contributed by atoms with Gasteiger partial charge in [0.15, 0.2) is 0 Å². The van der Waals surface area contributed by atoms with E-state index >= 15 is 0 Å². The van der Waals surface area contributed by atoms with Crippen LogP contribution in [0.5, 0.6) is 0 Å². The lowest BCUT2D eigenvalue weighted by Gasteiger charge is -2.23. The van der Waals surface area contributed by atoms with Crippen LogP contribution >= 0.6 is 43.2 Å². The third kappa shape index (κ3) is 3.81. The molecule has 0 spiro atoms. The molecule has 0 aliphatic rings. The Balaban J connectivity index is 2.25. The van der Waals surface area contributed by atoms with E-state index in [2.05, 4.69) is 48.2 Å². The average Bonchev–Trinajstić information content (AvgIpc) is 2.74. The van der Waals surface area contributed by atoms with Crippen molar-refractivity contribution in [3.8, 4) is 0 Å². The largest absolute Gasteiger partial charge is 0.389 e. The molecule has 19 heavy (non-hydrogen) atoms. The van der Waals surface area contributed by atoms with Gasteiger partial charge in [-0.3, -0.25) is 0 Å². The lowest BCUT2D eigenvalue weighted by Crippen LogP contribution is -2.18. The maximum atomic E-state index is 9.90. The zero-order valence-corrected chi connectivity index (χ0v) is 14.7. The number of hydrogen-bond donors (Lipinski definition) is 1. The maximum absolute atomic E-state index is 9.90. The van der Waals surface area contributed by atoms with E-state index < -0.39 is 6.10 Å².